The van der Waals surface area contributed by atoms with Crippen LogP contribution in [-0.2, 0) is 15.8 Å². The Labute approximate surface area is 306 Å². The highest BCUT2D eigenvalue weighted by atomic mass is 35.5. The highest BCUT2D eigenvalue weighted by Crippen LogP contribution is 2.46. The zero-order valence-electron chi connectivity index (χ0n) is 28.5. The second-order valence-corrected chi connectivity index (χ2v) is 14.0. The Morgan fingerprint density at radius 3 is 1.96 bits per heavy atom. The Hall–Kier alpha value is -3.64. The molecule has 3 aliphatic rings. The molecule has 2 atom stereocenters. The van der Waals surface area contributed by atoms with E-state index in [1.165, 1.54) is 30.2 Å². The second kappa shape index (κ2) is 16.4. The third-order valence-corrected chi connectivity index (χ3v) is 10.3. The van der Waals surface area contributed by atoms with Gasteiger partial charge in [-0.3, -0.25) is 24.4 Å². The standard InChI is InChI=1S/C38H42Cl2F3N5O3/c1-2-51-32-25-28(38(41,42)43)11-16-31(32)35-44-33(26-7-12-29(39)13-8-26)34(27-9-14-30(40)15-10-27)48(35)37(50)36(49)47-23-21-46(22-24-47)20-6-19-45-17-4-3-5-18-45/h7-16,25,33-34H,2-6,17-24H2,1H3. The summed E-state index contributed by atoms with van der Waals surface area (Å²) in [5, 5.41) is 0.976. The number of amides is 2. The minimum atomic E-state index is -4.62. The van der Waals surface area contributed by atoms with Crippen LogP contribution in [0, 0.1) is 0 Å². The van der Waals surface area contributed by atoms with Crippen LogP contribution >= 0.6 is 23.2 Å². The molecular formula is C38H42Cl2F3N5O3. The first kappa shape index (κ1) is 37.1. The van der Waals surface area contributed by atoms with Gasteiger partial charge in [0.25, 0.3) is 0 Å². The van der Waals surface area contributed by atoms with Crippen LogP contribution < -0.4 is 4.74 Å². The number of nitrogens with zero attached hydrogens (tertiary/aromatic N) is 5. The molecule has 2 amide bonds. The van der Waals surface area contributed by atoms with Crippen LogP contribution in [0.2, 0.25) is 10.0 Å². The number of piperazine rings is 1. The predicted octanol–water partition coefficient (Wildman–Crippen LogP) is 7.50. The molecule has 0 radical (unpaired) electrons. The van der Waals surface area contributed by atoms with Crippen molar-refractivity contribution in [1.82, 2.24) is 19.6 Å². The van der Waals surface area contributed by atoms with Crippen LogP contribution in [0.5, 0.6) is 5.75 Å². The van der Waals surface area contributed by atoms with Gasteiger partial charge < -0.3 is 14.5 Å². The maximum atomic E-state index is 14.6. The monoisotopic (exact) mass is 743 g/mol. The van der Waals surface area contributed by atoms with E-state index in [4.69, 9.17) is 32.9 Å². The zero-order valence-corrected chi connectivity index (χ0v) is 30.1. The van der Waals surface area contributed by atoms with Gasteiger partial charge in [-0.25, -0.2) is 0 Å². The Morgan fingerprint density at radius 1 is 0.784 bits per heavy atom. The lowest BCUT2D eigenvalue weighted by atomic mass is 9.93. The molecule has 0 saturated carbocycles. The molecule has 3 aliphatic heterocycles. The number of piperidine rings is 1. The van der Waals surface area contributed by atoms with Crippen molar-refractivity contribution < 1.29 is 27.5 Å². The molecule has 3 heterocycles. The van der Waals surface area contributed by atoms with E-state index in [0.717, 1.165) is 44.7 Å². The van der Waals surface area contributed by atoms with Gasteiger partial charge in [-0.1, -0.05) is 53.9 Å². The summed E-state index contributed by atoms with van der Waals surface area (Å²) in [6, 6.07) is 15.4. The lowest BCUT2D eigenvalue weighted by molar-refractivity contribution is -0.151. The van der Waals surface area contributed by atoms with Gasteiger partial charge in [0.2, 0.25) is 0 Å². The first-order valence-corrected chi connectivity index (χ1v) is 18.3. The number of aliphatic imine (C=N–C) groups is 1. The molecule has 8 nitrogen and oxygen atoms in total. The van der Waals surface area contributed by atoms with Crippen molar-refractivity contribution in [1.29, 1.82) is 0 Å². The van der Waals surface area contributed by atoms with Gasteiger partial charge in [0.05, 0.1) is 23.8 Å². The minimum Gasteiger partial charge on any atom is -0.493 e. The Bertz CT molecular complexity index is 1710. The van der Waals surface area contributed by atoms with Crippen LogP contribution in [0.1, 0.15) is 66.9 Å². The summed E-state index contributed by atoms with van der Waals surface area (Å²) in [7, 11) is 0. The smallest absolute Gasteiger partial charge is 0.416 e. The van der Waals surface area contributed by atoms with Crippen molar-refractivity contribution in [3.05, 3.63) is 99.0 Å². The van der Waals surface area contributed by atoms with E-state index in [9.17, 15) is 22.8 Å². The van der Waals surface area contributed by atoms with Gasteiger partial charge in [0.15, 0.2) is 0 Å². The lowest BCUT2D eigenvalue weighted by Gasteiger charge is -2.36. The summed E-state index contributed by atoms with van der Waals surface area (Å²) in [6.07, 6.45) is 0.231. The third-order valence-electron chi connectivity index (χ3n) is 9.80. The molecule has 0 aromatic heterocycles. The van der Waals surface area contributed by atoms with Crippen LogP contribution in [-0.4, -0.2) is 96.2 Å². The molecule has 3 aromatic carbocycles. The first-order chi connectivity index (χ1) is 24.5. The predicted molar refractivity (Wildman–Crippen MR) is 192 cm³/mol. The SMILES string of the molecule is CCOc1cc(C(F)(F)F)ccc1C1=NC(c2ccc(Cl)cc2)C(c2ccc(Cl)cc2)N1C(=O)C(=O)N1CCN(CCCN2CCCCC2)CC1. The van der Waals surface area contributed by atoms with E-state index >= 15 is 0 Å². The molecule has 2 saturated heterocycles. The summed E-state index contributed by atoms with van der Waals surface area (Å²) in [5.74, 6) is -1.58. The number of amidine groups is 1. The van der Waals surface area contributed by atoms with Crippen molar-refractivity contribution in [2.45, 2.75) is 50.9 Å². The topological polar surface area (TPSA) is 68.7 Å². The number of hydrogen-bond acceptors (Lipinski definition) is 6. The van der Waals surface area contributed by atoms with E-state index in [-0.39, 0.29) is 23.8 Å². The summed E-state index contributed by atoms with van der Waals surface area (Å²) in [5.41, 5.74) is 0.602. The molecule has 0 spiro atoms. The minimum absolute atomic E-state index is 0.0433. The summed E-state index contributed by atoms with van der Waals surface area (Å²) in [6.45, 7) is 8.06. The fourth-order valence-corrected chi connectivity index (χ4v) is 7.39. The largest absolute Gasteiger partial charge is 0.493 e. The number of hydrogen-bond donors (Lipinski definition) is 0. The number of likely N-dealkylation sites (tertiary alicyclic amines) is 1. The van der Waals surface area contributed by atoms with E-state index < -0.39 is 35.6 Å². The number of alkyl halides is 3. The molecule has 0 bridgehead atoms. The van der Waals surface area contributed by atoms with Gasteiger partial charge in [-0.2, -0.15) is 13.2 Å². The van der Waals surface area contributed by atoms with E-state index in [2.05, 4.69) is 9.80 Å². The third kappa shape index (κ3) is 8.71. The first-order valence-electron chi connectivity index (χ1n) is 17.5. The van der Waals surface area contributed by atoms with E-state index in [1.807, 2.05) is 0 Å². The molecule has 0 aliphatic carbocycles. The number of carbonyl (C=O) groups excluding carboxylic acids is 2. The van der Waals surface area contributed by atoms with E-state index in [1.54, 1.807) is 60.4 Å². The lowest BCUT2D eigenvalue weighted by Crippen LogP contribution is -2.54. The van der Waals surface area contributed by atoms with Crippen molar-refractivity contribution in [3.8, 4) is 5.75 Å². The van der Waals surface area contributed by atoms with Gasteiger partial charge in [-0.05, 0) is 106 Å². The van der Waals surface area contributed by atoms with Gasteiger partial charge in [0, 0.05) is 36.2 Å². The van der Waals surface area contributed by atoms with Crippen molar-refractivity contribution >= 4 is 40.9 Å². The van der Waals surface area contributed by atoms with Gasteiger partial charge in [-0.15, -0.1) is 0 Å². The highest BCUT2D eigenvalue weighted by molar-refractivity contribution is 6.39. The number of ether oxygens (including phenoxy) is 1. The average molecular weight is 745 g/mol. The Balaban J connectivity index is 1.32. The molecular weight excluding hydrogens is 702 g/mol. The summed E-state index contributed by atoms with van der Waals surface area (Å²) >= 11 is 12.5. The van der Waals surface area contributed by atoms with Gasteiger partial charge >= 0.3 is 18.0 Å². The van der Waals surface area contributed by atoms with Crippen LogP contribution in [0.25, 0.3) is 0 Å². The fraction of sp³-hybridized carbons (Fsp3) is 0.447. The molecule has 272 valence electrons. The Morgan fingerprint density at radius 2 is 1.37 bits per heavy atom. The normalized spacial score (nSPS) is 20.4. The van der Waals surface area contributed by atoms with Crippen LogP contribution in [0.15, 0.2) is 71.7 Å². The van der Waals surface area contributed by atoms with Gasteiger partial charge in [0.1, 0.15) is 17.6 Å². The quantitative estimate of drug-likeness (QED) is 0.213. The van der Waals surface area contributed by atoms with Crippen molar-refractivity contribution in [2.75, 3.05) is 59.0 Å². The van der Waals surface area contributed by atoms with Crippen LogP contribution in [0.4, 0.5) is 13.2 Å². The Kier molecular flexibility index (Phi) is 11.9. The summed E-state index contributed by atoms with van der Waals surface area (Å²) < 4.78 is 47.2. The molecule has 0 N–H and O–H groups in total. The van der Waals surface area contributed by atoms with Crippen molar-refractivity contribution in [2.24, 2.45) is 4.99 Å². The molecule has 13 heteroatoms. The molecule has 51 heavy (non-hydrogen) atoms. The summed E-state index contributed by atoms with van der Waals surface area (Å²) in [4.78, 5) is 41.4. The molecule has 6 rings (SSSR count). The molecule has 2 unspecified atom stereocenters. The van der Waals surface area contributed by atoms with Crippen molar-refractivity contribution in [3.63, 3.8) is 0 Å². The molecule has 3 aromatic rings. The number of carbonyl (C=O) groups is 2. The maximum absolute atomic E-state index is 14.6. The number of benzene rings is 3. The fourth-order valence-electron chi connectivity index (χ4n) is 7.14. The second-order valence-electron chi connectivity index (χ2n) is 13.2. The van der Waals surface area contributed by atoms with E-state index in [0.29, 0.717) is 47.4 Å². The average Bonchev–Trinajstić information content (AvgIpc) is 3.52. The molecule has 2 fully saturated rings. The maximum Gasteiger partial charge on any atom is 0.416 e. The zero-order chi connectivity index (χ0) is 36.1. The number of halogens is 5. The number of rotatable bonds is 9. The highest BCUT2D eigenvalue weighted by Gasteiger charge is 2.46. The van der Waals surface area contributed by atoms with Crippen LogP contribution in [0.3, 0.4) is 0 Å².